The molecule has 0 amide bonds. The molecule has 0 saturated carbocycles. The van der Waals surface area contributed by atoms with Crippen molar-refractivity contribution in [2.75, 3.05) is 6.61 Å². The van der Waals surface area contributed by atoms with Crippen LogP contribution >= 0.6 is 0 Å². The highest BCUT2D eigenvalue weighted by Crippen LogP contribution is 2.28. The van der Waals surface area contributed by atoms with Crippen molar-refractivity contribution in [3.63, 3.8) is 0 Å². The monoisotopic (exact) mass is 252 g/mol. The molecule has 0 atom stereocenters. The zero-order chi connectivity index (χ0) is 13.5. The maximum atomic E-state index is 10.9. The Morgan fingerprint density at radius 3 is 2.72 bits per heavy atom. The Kier molecular flexibility index (Phi) is 5.58. The Morgan fingerprint density at radius 2 is 2.17 bits per heavy atom. The van der Waals surface area contributed by atoms with Gasteiger partial charge in [0.1, 0.15) is 0 Å². The van der Waals surface area contributed by atoms with Gasteiger partial charge in [0, 0.05) is 12.6 Å². The first kappa shape index (κ1) is 14.4. The topological polar surface area (TPSA) is 78.4 Å². The first-order valence-corrected chi connectivity index (χ1v) is 6.14. The highest BCUT2D eigenvalue weighted by atomic mass is 16.6. The van der Waals surface area contributed by atoms with Crippen LogP contribution in [0.5, 0.6) is 5.75 Å². The molecule has 0 aromatic heterocycles. The van der Waals surface area contributed by atoms with E-state index in [-0.39, 0.29) is 5.69 Å². The van der Waals surface area contributed by atoms with Crippen molar-refractivity contribution >= 4 is 5.69 Å². The molecule has 18 heavy (non-hydrogen) atoms. The van der Waals surface area contributed by atoms with Crippen molar-refractivity contribution in [2.45, 2.75) is 33.2 Å². The summed E-state index contributed by atoms with van der Waals surface area (Å²) in [6.07, 6.45) is 1.94. The molecule has 0 aliphatic rings. The molecule has 1 aromatic carbocycles. The second-order valence-electron chi connectivity index (χ2n) is 4.65. The van der Waals surface area contributed by atoms with Crippen LogP contribution in [0.25, 0.3) is 0 Å². The fraction of sp³-hybridized carbons (Fsp3) is 0.538. The summed E-state index contributed by atoms with van der Waals surface area (Å²) in [4.78, 5) is 10.4. The van der Waals surface area contributed by atoms with Crippen molar-refractivity contribution in [2.24, 2.45) is 11.7 Å². The van der Waals surface area contributed by atoms with E-state index in [0.717, 1.165) is 18.4 Å². The Bertz CT molecular complexity index is 405. The average molecular weight is 252 g/mol. The minimum Gasteiger partial charge on any atom is -0.487 e. The quantitative estimate of drug-likeness (QED) is 0.460. The van der Waals surface area contributed by atoms with Crippen LogP contribution < -0.4 is 10.5 Å². The van der Waals surface area contributed by atoms with Crippen LogP contribution in [0.3, 0.4) is 0 Å². The predicted molar refractivity (Wildman–Crippen MR) is 70.6 cm³/mol. The van der Waals surface area contributed by atoms with Crippen LogP contribution in [0.15, 0.2) is 18.2 Å². The lowest BCUT2D eigenvalue weighted by Crippen LogP contribution is -2.04. The van der Waals surface area contributed by atoms with Crippen LogP contribution in [-0.4, -0.2) is 11.5 Å². The molecule has 0 saturated heterocycles. The van der Waals surface area contributed by atoms with E-state index in [1.54, 1.807) is 12.1 Å². The fourth-order valence-corrected chi connectivity index (χ4v) is 1.63. The number of hydrogen-bond acceptors (Lipinski definition) is 4. The number of rotatable bonds is 7. The first-order chi connectivity index (χ1) is 8.54. The predicted octanol–water partition coefficient (Wildman–Crippen LogP) is 2.87. The van der Waals surface area contributed by atoms with Crippen molar-refractivity contribution in [1.82, 2.24) is 0 Å². The Balaban J connectivity index is 2.69. The molecule has 0 unspecified atom stereocenters. The third-order valence-electron chi connectivity index (χ3n) is 2.64. The SMILES string of the molecule is CC(C)CCCOc1cc(CN)ccc1[N+](=O)[O-]. The number of nitrogens with zero attached hydrogens (tertiary/aromatic N) is 1. The van der Waals surface area contributed by atoms with Crippen molar-refractivity contribution in [1.29, 1.82) is 0 Å². The van der Waals surface area contributed by atoms with E-state index in [1.807, 2.05) is 0 Å². The van der Waals surface area contributed by atoms with Gasteiger partial charge >= 0.3 is 5.69 Å². The van der Waals surface area contributed by atoms with Gasteiger partial charge in [-0.1, -0.05) is 19.9 Å². The third-order valence-corrected chi connectivity index (χ3v) is 2.64. The van der Waals surface area contributed by atoms with Gasteiger partial charge in [0.2, 0.25) is 0 Å². The molecule has 5 nitrogen and oxygen atoms in total. The maximum absolute atomic E-state index is 10.9. The summed E-state index contributed by atoms with van der Waals surface area (Å²) < 4.78 is 5.49. The van der Waals surface area contributed by atoms with E-state index in [2.05, 4.69) is 13.8 Å². The summed E-state index contributed by atoms with van der Waals surface area (Å²) in [7, 11) is 0. The molecule has 2 N–H and O–H groups in total. The van der Waals surface area contributed by atoms with Gasteiger partial charge in [-0.15, -0.1) is 0 Å². The van der Waals surface area contributed by atoms with Crippen LogP contribution in [0, 0.1) is 16.0 Å². The molecule has 1 aromatic rings. The standard InChI is InChI=1S/C13H20N2O3/c1-10(2)4-3-7-18-13-8-11(9-14)5-6-12(13)15(16)17/h5-6,8,10H,3-4,7,9,14H2,1-2H3. The van der Waals surface area contributed by atoms with E-state index in [0.29, 0.717) is 24.8 Å². The van der Waals surface area contributed by atoms with Gasteiger partial charge in [0.05, 0.1) is 11.5 Å². The lowest BCUT2D eigenvalue weighted by Gasteiger charge is -2.09. The van der Waals surface area contributed by atoms with Gasteiger partial charge in [-0.3, -0.25) is 10.1 Å². The summed E-state index contributed by atoms with van der Waals surface area (Å²) in [6.45, 7) is 5.11. The molecule has 0 spiro atoms. The van der Waals surface area contributed by atoms with E-state index in [1.165, 1.54) is 6.07 Å². The van der Waals surface area contributed by atoms with Crippen molar-refractivity contribution in [3.05, 3.63) is 33.9 Å². The minimum absolute atomic E-state index is 0.00301. The third kappa shape index (κ3) is 4.33. The smallest absolute Gasteiger partial charge is 0.310 e. The highest BCUT2D eigenvalue weighted by Gasteiger charge is 2.15. The molecule has 0 bridgehead atoms. The minimum atomic E-state index is -0.432. The summed E-state index contributed by atoms with van der Waals surface area (Å²) in [6, 6.07) is 4.74. The summed E-state index contributed by atoms with van der Waals surface area (Å²) in [5, 5.41) is 10.9. The molecule has 100 valence electrons. The molecular weight excluding hydrogens is 232 g/mol. The van der Waals surface area contributed by atoms with Crippen LogP contribution in [0.4, 0.5) is 5.69 Å². The number of ether oxygens (including phenoxy) is 1. The zero-order valence-corrected chi connectivity index (χ0v) is 10.9. The van der Waals surface area contributed by atoms with Crippen molar-refractivity contribution < 1.29 is 9.66 Å². The van der Waals surface area contributed by atoms with E-state index in [4.69, 9.17) is 10.5 Å². The number of nitrogens with two attached hydrogens (primary N) is 1. The average Bonchev–Trinajstić information content (AvgIpc) is 2.33. The summed E-state index contributed by atoms with van der Waals surface area (Å²) in [5.74, 6) is 0.922. The molecular formula is C13H20N2O3. The maximum Gasteiger partial charge on any atom is 0.310 e. The normalized spacial score (nSPS) is 10.7. The van der Waals surface area contributed by atoms with Gasteiger partial charge in [-0.05, 0) is 30.4 Å². The van der Waals surface area contributed by atoms with Gasteiger partial charge in [-0.25, -0.2) is 0 Å². The van der Waals surface area contributed by atoms with Gasteiger partial charge in [0.15, 0.2) is 5.75 Å². The fourth-order valence-electron chi connectivity index (χ4n) is 1.63. The number of benzene rings is 1. The van der Waals surface area contributed by atoms with Gasteiger partial charge < -0.3 is 10.5 Å². The first-order valence-electron chi connectivity index (χ1n) is 6.14. The summed E-state index contributed by atoms with van der Waals surface area (Å²) in [5.41, 5.74) is 6.34. The molecule has 1 rings (SSSR count). The van der Waals surface area contributed by atoms with E-state index in [9.17, 15) is 10.1 Å². The Morgan fingerprint density at radius 1 is 1.44 bits per heavy atom. The summed E-state index contributed by atoms with van der Waals surface area (Å²) >= 11 is 0. The molecule has 0 fully saturated rings. The number of nitro benzene ring substituents is 1. The lowest BCUT2D eigenvalue weighted by molar-refractivity contribution is -0.385. The van der Waals surface area contributed by atoms with Crippen LogP contribution in [0.1, 0.15) is 32.3 Å². The van der Waals surface area contributed by atoms with Crippen LogP contribution in [0.2, 0.25) is 0 Å². The molecule has 0 aliphatic carbocycles. The molecule has 0 aliphatic heterocycles. The lowest BCUT2D eigenvalue weighted by atomic mass is 10.1. The number of nitro groups is 1. The Labute approximate surface area is 107 Å². The largest absolute Gasteiger partial charge is 0.487 e. The van der Waals surface area contributed by atoms with E-state index < -0.39 is 4.92 Å². The molecule has 0 heterocycles. The highest BCUT2D eigenvalue weighted by molar-refractivity contribution is 5.48. The zero-order valence-electron chi connectivity index (χ0n) is 10.9. The molecule has 0 radical (unpaired) electrons. The van der Waals surface area contributed by atoms with Gasteiger partial charge in [0.25, 0.3) is 0 Å². The second kappa shape index (κ2) is 6.96. The van der Waals surface area contributed by atoms with Gasteiger partial charge in [-0.2, -0.15) is 0 Å². The van der Waals surface area contributed by atoms with Crippen LogP contribution in [-0.2, 0) is 6.54 Å². The molecule has 5 heteroatoms. The van der Waals surface area contributed by atoms with Crippen molar-refractivity contribution in [3.8, 4) is 5.75 Å². The Hall–Kier alpha value is -1.62. The second-order valence-corrected chi connectivity index (χ2v) is 4.65. The number of hydrogen-bond donors (Lipinski definition) is 1. The van der Waals surface area contributed by atoms with E-state index >= 15 is 0 Å².